The summed E-state index contributed by atoms with van der Waals surface area (Å²) in [6, 6.07) is 4.67. The van der Waals surface area contributed by atoms with Gasteiger partial charge in [0.05, 0.1) is 6.33 Å². The normalized spacial score (nSPS) is 13.8. The quantitative estimate of drug-likeness (QED) is 0.794. The second-order valence-electron chi connectivity index (χ2n) is 5.65. The number of hydrogen-bond donors (Lipinski definition) is 1. The Bertz CT molecular complexity index is 580. The van der Waals surface area contributed by atoms with Crippen molar-refractivity contribution in [2.45, 2.75) is 38.4 Å². The number of nitrogens with one attached hydrogen (secondary N) is 1. The smallest absolute Gasteiger partial charge is 0.169 e. The van der Waals surface area contributed by atoms with Gasteiger partial charge in [0.2, 0.25) is 0 Å². The molecular formula is C16H21N5S. The first-order valence-corrected chi connectivity index (χ1v) is 8.12. The lowest BCUT2D eigenvalue weighted by molar-refractivity contribution is 0.384. The molecule has 1 saturated carbocycles. The molecule has 0 aromatic carbocycles. The number of pyridine rings is 1. The summed E-state index contributed by atoms with van der Waals surface area (Å²) in [5.41, 5.74) is 1.23. The Kier molecular flexibility index (Phi) is 5.00. The summed E-state index contributed by atoms with van der Waals surface area (Å²) in [7, 11) is 0. The molecule has 1 aliphatic carbocycles. The van der Waals surface area contributed by atoms with E-state index in [2.05, 4.69) is 24.8 Å². The SMILES string of the molecule is S=C(NC1CC1)N(CCCn1ccnc1)Cc1ccncc1. The maximum atomic E-state index is 5.58. The number of nitrogens with zero attached hydrogens (tertiary/aromatic N) is 4. The van der Waals surface area contributed by atoms with Crippen LogP contribution in [0.3, 0.4) is 0 Å². The second kappa shape index (κ2) is 7.35. The number of hydrogen-bond acceptors (Lipinski definition) is 3. The van der Waals surface area contributed by atoms with Gasteiger partial charge in [-0.25, -0.2) is 4.98 Å². The van der Waals surface area contributed by atoms with Gasteiger partial charge in [-0.2, -0.15) is 0 Å². The first-order chi connectivity index (χ1) is 10.8. The minimum atomic E-state index is 0.584. The number of thiocarbonyl (C=S) groups is 1. The number of aryl methyl sites for hydroxylation is 1. The van der Waals surface area contributed by atoms with Crippen LogP contribution in [0.5, 0.6) is 0 Å². The van der Waals surface area contributed by atoms with Crippen LogP contribution in [-0.4, -0.2) is 37.1 Å². The lowest BCUT2D eigenvalue weighted by Gasteiger charge is -2.26. The molecule has 0 spiro atoms. The van der Waals surface area contributed by atoms with Gasteiger partial charge in [-0.15, -0.1) is 0 Å². The molecule has 6 heteroatoms. The maximum absolute atomic E-state index is 5.58. The molecule has 2 aromatic rings. The molecule has 116 valence electrons. The Labute approximate surface area is 136 Å². The van der Waals surface area contributed by atoms with Crippen LogP contribution in [0, 0.1) is 0 Å². The van der Waals surface area contributed by atoms with Crippen LogP contribution in [0.4, 0.5) is 0 Å². The zero-order valence-electron chi connectivity index (χ0n) is 12.6. The van der Waals surface area contributed by atoms with Gasteiger partial charge in [-0.05, 0) is 49.2 Å². The van der Waals surface area contributed by atoms with Crippen molar-refractivity contribution < 1.29 is 0 Å². The van der Waals surface area contributed by atoms with E-state index in [0.717, 1.165) is 31.2 Å². The molecule has 2 heterocycles. The van der Waals surface area contributed by atoms with Gasteiger partial charge in [-0.1, -0.05) is 0 Å². The van der Waals surface area contributed by atoms with E-state index < -0.39 is 0 Å². The molecule has 1 N–H and O–H groups in total. The van der Waals surface area contributed by atoms with Crippen molar-refractivity contribution in [1.29, 1.82) is 0 Å². The van der Waals surface area contributed by atoms with Crippen molar-refractivity contribution >= 4 is 17.3 Å². The third-order valence-corrected chi connectivity index (χ3v) is 4.09. The first-order valence-electron chi connectivity index (χ1n) is 7.71. The van der Waals surface area contributed by atoms with E-state index in [9.17, 15) is 0 Å². The molecule has 1 aliphatic rings. The van der Waals surface area contributed by atoms with E-state index in [1.54, 1.807) is 0 Å². The molecule has 5 nitrogen and oxygen atoms in total. The van der Waals surface area contributed by atoms with Gasteiger partial charge >= 0.3 is 0 Å². The number of aromatic nitrogens is 3. The summed E-state index contributed by atoms with van der Waals surface area (Å²) in [6.45, 7) is 2.71. The van der Waals surface area contributed by atoms with Crippen LogP contribution in [0.2, 0.25) is 0 Å². The summed E-state index contributed by atoms with van der Waals surface area (Å²) in [6.07, 6.45) is 12.8. The lowest BCUT2D eigenvalue weighted by Crippen LogP contribution is -2.41. The Balaban J connectivity index is 1.56. The van der Waals surface area contributed by atoms with Gasteiger partial charge in [0.15, 0.2) is 5.11 Å². The Morgan fingerprint density at radius 3 is 2.77 bits per heavy atom. The van der Waals surface area contributed by atoms with E-state index in [-0.39, 0.29) is 0 Å². The lowest BCUT2D eigenvalue weighted by atomic mass is 10.2. The van der Waals surface area contributed by atoms with Crippen molar-refractivity contribution in [3.8, 4) is 0 Å². The molecule has 2 aromatic heterocycles. The zero-order chi connectivity index (χ0) is 15.2. The van der Waals surface area contributed by atoms with E-state index in [4.69, 9.17) is 12.2 Å². The van der Waals surface area contributed by atoms with Crippen LogP contribution in [0.25, 0.3) is 0 Å². The van der Waals surface area contributed by atoms with Crippen LogP contribution in [0.1, 0.15) is 24.8 Å². The maximum Gasteiger partial charge on any atom is 0.169 e. The summed E-state index contributed by atoms with van der Waals surface area (Å²) in [5.74, 6) is 0. The van der Waals surface area contributed by atoms with Gasteiger partial charge in [0.1, 0.15) is 0 Å². The largest absolute Gasteiger partial charge is 0.360 e. The number of imidazole rings is 1. The van der Waals surface area contributed by atoms with E-state index in [0.29, 0.717) is 6.04 Å². The summed E-state index contributed by atoms with van der Waals surface area (Å²) >= 11 is 5.58. The first kappa shape index (κ1) is 15.0. The monoisotopic (exact) mass is 315 g/mol. The highest BCUT2D eigenvalue weighted by atomic mass is 32.1. The third-order valence-electron chi connectivity index (χ3n) is 3.72. The zero-order valence-corrected chi connectivity index (χ0v) is 13.4. The van der Waals surface area contributed by atoms with Crippen LogP contribution in [-0.2, 0) is 13.1 Å². The fourth-order valence-electron chi connectivity index (χ4n) is 2.32. The second-order valence-corrected chi connectivity index (χ2v) is 6.04. The molecule has 0 saturated heterocycles. The molecule has 22 heavy (non-hydrogen) atoms. The third kappa shape index (κ3) is 4.53. The summed E-state index contributed by atoms with van der Waals surface area (Å²) in [4.78, 5) is 10.4. The molecule has 1 fully saturated rings. The summed E-state index contributed by atoms with van der Waals surface area (Å²) < 4.78 is 2.10. The summed E-state index contributed by atoms with van der Waals surface area (Å²) in [5, 5.41) is 4.31. The van der Waals surface area contributed by atoms with Crippen molar-refractivity contribution in [1.82, 2.24) is 24.8 Å². The highest BCUT2D eigenvalue weighted by molar-refractivity contribution is 7.80. The highest BCUT2D eigenvalue weighted by Gasteiger charge is 2.23. The molecule has 0 unspecified atom stereocenters. The fraction of sp³-hybridized carbons (Fsp3) is 0.438. The Hall–Kier alpha value is -1.95. The van der Waals surface area contributed by atoms with Crippen molar-refractivity contribution in [2.75, 3.05) is 6.54 Å². The molecule has 0 atom stereocenters. The molecule has 0 bridgehead atoms. The average molecular weight is 315 g/mol. The van der Waals surface area contributed by atoms with E-state index >= 15 is 0 Å². The van der Waals surface area contributed by atoms with Gasteiger partial charge in [-0.3, -0.25) is 4.98 Å². The Morgan fingerprint density at radius 1 is 1.27 bits per heavy atom. The van der Waals surface area contributed by atoms with Crippen LogP contribution < -0.4 is 5.32 Å². The highest BCUT2D eigenvalue weighted by Crippen LogP contribution is 2.19. The van der Waals surface area contributed by atoms with Gasteiger partial charge < -0.3 is 14.8 Å². The predicted octanol–water partition coefficient (Wildman–Crippen LogP) is 2.21. The van der Waals surface area contributed by atoms with E-state index in [1.165, 1.54) is 18.4 Å². The minimum absolute atomic E-state index is 0.584. The van der Waals surface area contributed by atoms with E-state index in [1.807, 2.05) is 43.2 Å². The van der Waals surface area contributed by atoms with Crippen molar-refractivity contribution in [2.24, 2.45) is 0 Å². The van der Waals surface area contributed by atoms with Crippen LogP contribution in [0.15, 0.2) is 43.2 Å². The van der Waals surface area contributed by atoms with Gasteiger partial charge in [0.25, 0.3) is 0 Å². The molecule has 3 rings (SSSR count). The molecule has 0 radical (unpaired) electrons. The predicted molar refractivity (Wildman–Crippen MR) is 90.2 cm³/mol. The van der Waals surface area contributed by atoms with Crippen molar-refractivity contribution in [3.63, 3.8) is 0 Å². The van der Waals surface area contributed by atoms with Gasteiger partial charge in [0, 0.05) is 50.5 Å². The van der Waals surface area contributed by atoms with Crippen LogP contribution >= 0.6 is 12.2 Å². The fourth-order valence-corrected chi connectivity index (χ4v) is 2.64. The molecular weight excluding hydrogens is 294 g/mol. The average Bonchev–Trinajstić information content (AvgIpc) is 3.19. The van der Waals surface area contributed by atoms with Crippen molar-refractivity contribution in [3.05, 3.63) is 48.8 Å². The molecule has 0 aliphatic heterocycles. The minimum Gasteiger partial charge on any atom is -0.360 e. The topological polar surface area (TPSA) is 46.0 Å². The standard InChI is InChI=1S/C16H21N5S/c22-16(19-15-2-3-15)21(12-14-4-6-17-7-5-14)10-1-9-20-11-8-18-13-20/h4-8,11,13,15H,1-3,9-10,12H2,(H,19,22). The Morgan fingerprint density at radius 2 is 2.09 bits per heavy atom. The number of rotatable bonds is 7. The molecule has 0 amide bonds.